The molecule has 0 aromatic rings. The third-order valence-electron chi connectivity index (χ3n) is 0.816. The van der Waals surface area contributed by atoms with Gasteiger partial charge in [-0.15, -0.1) is 0 Å². The van der Waals surface area contributed by atoms with E-state index in [0.717, 1.165) is 19.3 Å². The van der Waals surface area contributed by atoms with Crippen LogP contribution >= 0.6 is 0 Å². The third kappa shape index (κ3) is 51.4. The summed E-state index contributed by atoms with van der Waals surface area (Å²) in [6, 6.07) is 0. The Kier molecular flexibility index (Phi) is 10.8. The van der Waals surface area contributed by atoms with Crippen LogP contribution in [0.25, 0.3) is 0 Å². The number of hydrogen-bond acceptors (Lipinski definition) is 2. The first-order valence-corrected chi connectivity index (χ1v) is 4.63. The summed E-state index contributed by atoms with van der Waals surface area (Å²) in [6.45, 7) is 9.25. The van der Waals surface area contributed by atoms with Gasteiger partial charge in [0.05, 0.1) is 0 Å². The van der Waals surface area contributed by atoms with Gasteiger partial charge in [-0.05, 0) is 24.7 Å². The van der Waals surface area contributed by atoms with Gasteiger partial charge in [0, 0.05) is 13.2 Å². The number of unbranched alkanes of at least 4 members (excludes halogenated alkanes) is 2. The van der Waals surface area contributed by atoms with Gasteiger partial charge in [0.1, 0.15) is 0 Å². The fourth-order valence-corrected chi connectivity index (χ4v) is 0.400. The second-order valence-electron chi connectivity index (χ2n) is 4.51. The fraction of sp³-hybridized carbons (Fsp3) is 1.00. The summed E-state index contributed by atoms with van der Waals surface area (Å²) in [5, 5.41) is 16.4. The van der Waals surface area contributed by atoms with Crippen LogP contribution in [0.4, 0.5) is 0 Å². The predicted octanol–water partition coefficient (Wildman–Crippen LogP) is 2.19. The molecule has 0 radical (unpaired) electrons. The van der Waals surface area contributed by atoms with Crippen LogP contribution in [0.15, 0.2) is 0 Å². The number of hydrogen-bond donors (Lipinski definition) is 2. The molecule has 12 heavy (non-hydrogen) atoms. The summed E-state index contributed by atoms with van der Waals surface area (Å²) in [5.74, 6) is 0. The van der Waals surface area contributed by atoms with Gasteiger partial charge in [-0.3, -0.25) is 0 Å². The van der Waals surface area contributed by atoms with Gasteiger partial charge in [-0.1, -0.05) is 27.7 Å². The Balaban J connectivity index is 0. The molecule has 2 N–H and O–H groups in total. The van der Waals surface area contributed by atoms with E-state index in [9.17, 15) is 0 Å². The monoisotopic (exact) mass is 176 g/mol. The highest BCUT2D eigenvalue weighted by atomic mass is 16.3. The molecular formula is C10H24O2. The van der Waals surface area contributed by atoms with E-state index in [1.54, 1.807) is 0 Å². The Hall–Kier alpha value is -0.0800. The van der Waals surface area contributed by atoms with Gasteiger partial charge in [0.15, 0.2) is 0 Å². The molecule has 2 heteroatoms. The van der Waals surface area contributed by atoms with E-state index in [2.05, 4.69) is 27.7 Å². The van der Waals surface area contributed by atoms with Crippen molar-refractivity contribution in [1.29, 1.82) is 0 Å². The Bertz CT molecular complexity index is 64.4. The molecule has 0 aliphatic heterocycles. The Morgan fingerprint density at radius 1 is 0.750 bits per heavy atom. The van der Waals surface area contributed by atoms with Crippen molar-refractivity contribution in [3.63, 3.8) is 0 Å². The van der Waals surface area contributed by atoms with Crippen LogP contribution in [0.3, 0.4) is 0 Å². The van der Waals surface area contributed by atoms with Gasteiger partial charge in [-0.2, -0.15) is 0 Å². The highest BCUT2D eigenvalue weighted by Gasteiger charge is 1.95. The molecule has 0 heterocycles. The lowest BCUT2D eigenvalue weighted by Crippen LogP contribution is -1.93. The minimum Gasteiger partial charge on any atom is -0.396 e. The number of rotatable bonds is 4. The molecule has 0 aromatic heterocycles. The summed E-state index contributed by atoms with van der Waals surface area (Å²) in [6.07, 6.45) is 2.58. The maximum atomic E-state index is 8.21. The van der Waals surface area contributed by atoms with Crippen LogP contribution in [-0.4, -0.2) is 23.4 Å². The molecule has 0 unspecified atom stereocenters. The molecule has 0 saturated carbocycles. The summed E-state index contributed by atoms with van der Waals surface area (Å²) in [4.78, 5) is 0. The Morgan fingerprint density at radius 2 is 1.00 bits per heavy atom. The molecule has 0 rings (SSSR count). The Labute approximate surface area is 76.6 Å². The van der Waals surface area contributed by atoms with Crippen LogP contribution in [-0.2, 0) is 0 Å². The van der Waals surface area contributed by atoms with Crippen molar-refractivity contribution in [3.8, 4) is 0 Å². The first-order valence-electron chi connectivity index (χ1n) is 4.63. The average Bonchev–Trinajstić information content (AvgIpc) is 1.85. The maximum absolute atomic E-state index is 8.21. The van der Waals surface area contributed by atoms with Crippen molar-refractivity contribution in [3.05, 3.63) is 0 Å². The quantitative estimate of drug-likeness (QED) is 0.645. The number of aliphatic hydroxyl groups is 2. The minimum absolute atomic E-state index is 0.250. The number of aliphatic hydroxyl groups excluding tert-OH is 2. The Morgan fingerprint density at radius 3 is 1.17 bits per heavy atom. The summed E-state index contributed by atoms with van der Waals surface area (Å²) in [7, 11) is 0. The lowest BCUT2D eigenvalue weighted by atomic mass is 10.0. The smallest absolute Gasteiger partial charge is 0.0431 e. The molecule has 0 amide bonds. The van der Waals surface area contributed by atoms with Crippen LogP contribution in [0.5, 0.6) is 0 Å². The molecule has 0 bridgehead atoms. The van der Waals surface area contributed by atoms with Crippen molar-refractivity contribution in [1.82, 2.24) is 0 Å². The molecule has 0 aliphatic rings. The van der Waals surface area contributed by atoms with Crippen molar-refractivity contribution in [2.75, 3.05) is 13.2 Å². The van der Waals surface area contributed by atoms with E-state index < -0.39 is 0 Å². The van der Waals surface area contributed by atoms with E-state index in [4.69, 9.17) is 10.2 Å². The van der Waals surface area contributed by atoms with Gasteiger partial charge in [0.25, 0.3) is 0 Å². The van der Waals surface area contributed by atoms with E-state index in [1.165, 1.54) is 0 Å². The zero-order chi connectivity index (χ0) is 10.0. The second kappa shape index (κ2) is 9.01. The zero-order valence-corrected chi connectivity index (χ0v) is 8.93. The van der Waals surface area contributed by atoms with Crippen molar-refractivity contribution >= 4 is 0 Å². The fourth-order valence-electron chi connectivity index (χ4n) is 0.400. The molecule has 0 saturated heterocycles. The zero-order valence-electron chi connectivity index (χ0n) is 8.93. The van der Waals surface area contributed by atoms with E-state index in [1.807, 2.05) is 0 Å². The summed E-state index contributed by atoms with van der Waals surface area (Å²) < 4.78 is 0. The highest BCUT2D eigenvalue weighted by Crippen LogP contribution is 2.08. The van der Waals surface area contributed by atoms with Gasteiger partial charge in [0.2, 0.25) is 0 Å². The molecule has 0 aliphatic carbocycles. The summed E-state index contributed by atoms with van der Waals surface area (Å²) >= 11 is 0. The third-order valence-corrected chi connectivity index (χ3v) is 0.816. The van der Waals surface area contributed by atoms with Crippen LogP contribution in [0.2, 0.25) is 0 Å². The van der Waals surface area contributed by atoms with E-state index in [0.29, 0.717) is 5.41 Å². The largest absolute Gasteiger partial charge is 0.396 e. The van der Waals surface area contributed by atoms with Gasteiger partial charge >= 0.3 is 0 Å². The maximum Gasteiger partial charge on any atom is 0.0431 e. The van der Waals surface area contributed by atoms with Crippen LogP contribution in [0, 0.1) is 5.41 Å². The summed E-state index contributed by atoms with van der Waals surface area (Å²) in [5.41, 5.74) is 0.500. The van der Waals surface area contributed by atoms with Crippen LogP contribution < -0.4 is 0 Å². The van der Waals surface area contributed by atoms with Crippen molar-refractivity contribution in [2.24, 2.45) is 5.41 Å². The lowest BCUT2D eigenvalue weighted by Gasteiger charge is -2.05. The first-order chi connectivity index (χ1) is 5.41. The van der Waals surface area contributed by atoms with Gasteiger partial charge < -0.3 is 10.2 Å². The standard InChI is InChI=1S/C5H12O2.C5H12/c6-4-2-1-3-5-7;1-5(2,3)4/h6-7H,1-5H2;1-4H3. The normalized spacial score (nSPS) is 10.5. The average molecular weight is 176 g/mol. The van der Waals surface area contributed by atoms with E-state index >= 15 is 0 Å². The SMILES string of the molecule is CC(C)(C)C.OCCCCCO. The molecule has 0 spiro atoms. The molecule has 0 fully saturated rings. The first kappa shape index (κ1) is 14.4. The van der Waals surface area contributed by atoms with Crippen molar-refractivity contribution in [2.45, 2.75) is 47.0 Å². The second-order valence-corrected chi connectivity index (χ2v) is 4.51. The van der Waals surface area contributed by atoms with Crippen LogP contribution in [0.1, 0.15) is 47.0 Å². The lowest BCUT2D eigenvalue weighted by molar-refractivity contribution is 0.257. The molecular weight excluding hydrogens is 152 g/mol. The van der Waals surface area contributed by atoms with E-state index in [-0.39, 0.29) is 13.2 Å². The molecule has 76 valence electrons. The highest BCUT2D eigenvalue weighted by molar-refractivity contribution is 4.47. The predicted molar refractivity (Wildman–Crippen MR) is 53.2 cm³/mol. The van der Waals surface area contributed by atoms with Crippen molar-refractivity contribution < 1.29 is 10.2 Å². The molecule has 2 nitrogen and oxygen atoms in total. The minimum atomic E-state index is 0.250. The molecule has 0 aromatic carbocycles. The topological polar surface area (TPSA) is 40.5 Å². The van der Waals surface area contributed by atoms with Gasteiger partial charge in [-0.25, -0.2) is 0 Å². The molecule has 0 atom stereocenters.